The van der Waals surface area contributed by atoms with Gasteiger partial charge in [-0.25, -0.2) is 0 Å². The second-order valence-electron chi connectivity index (χ2n) is 5.26. The number of nitrogens with one attached hydrogen (secondary N) is 1. The third-order valence-corrected chi connectivity index (χ3v) is 3.44. The van der Waals surface area contributed by atoms with Crippen LogP contribution < -0.4 is 20.7 Å². The first-order chi connectivity index (χ1) is 9.69. The van der Waals surface area contributed by atoms with Gasteiger partial charge in [-0.15, -0.1) is 0 Å². The zero-order chi connectivity index (χ0) is 14.1. The van der Waals surface area contributed by atoms with E-state index in [1.165, 1.54) is 0 Å². The topological polar surface area (TPSA) is 69.4 Å². The normalized spacial score (nSPS) is 14.4. The van der Waals surface area contributed by atoms with Crippen molar-refractivity contribution in [3.05, 3.63) is 23.9 Å². The number of nitrogens with zero attached hydrogens (tertiary/aromatic N) is 1. The van der Waals surface area contributed by atoms with Crippen LogP contribution in [0.3, 0.4) is 0 Å². The molecule has 1 aliphatic heterocycles. The molecule has 5 heteroatoms. The SMILES string of the molecule is CC(C)c1cc(NN)c2cc3c(cc2n1)OCCCO3. The summed E-state index contributed by atoms with van der Waals surface area (Å²) in [6, 6.07) is 5.86. The second-order valence-corrected chi connectivity index (χ2v) is 5.26. The van der Waals surface area contributed by atoms with E-state index in [2.05, 4.69) is 19.3 Å². The minimum atomic E-state index is 0.336. The largest absolute Gasteiger partial charge is 0.490 e. The van der Waals surface area contributed by atoms with Crippen LogP contribution in [0.1, 0.15) is 31.9 Å². The van der Waals surface area contributed by atoms with Gasteiger partial charge in [0.05, 0.1) is 24.4 Å². The molecular formula is C15H19N3O2. The van der Waals surface area contributed by atoms with Crippen molar-refractivity contribution >= 4 is 16.6 Å². The maximum Gasteiger partial charge on any atom is 0.163 e. The number of rotatable bonds is 2. The van der Waals surface area contributed by atoms with E-state index in [1.54, 1.807) is 0 Å². The van der Waals surface area contributed by atoms with Crippen LogP contribution >= 0.6 is 0 Å². The molecule has 3 rings (SSSR count). The number of nitrogen functional groups attached to an aromatic ring is 1. The van der Waals surface area contributed by atoms with Crippen molar-refractivity contribution in [3.8, 4) is 11.5 Å². The number of hydrazine groups is 1. The van der Waals surface area contributed by atoms with Crippen LogP contribution in [0, 0.1) is 0 Å². The molecule has 0 spiro atoms. The van der Waals surface area contributed by atoms with Gasteiger partial charge in [0.25, 0.3) is 0 Å². The highest BCUT2D eigenvalue weighted by atomic mass is 16.5. The molecular weight excluding hydrogens is 254 g/mol. The van der Waals surface area contributed by atoms with Gasteiger partial charge in [-0.2, -0.15) is 0 Å². The maximum atomic E-state index is 5.71. The molecule has 0 radical (unpaired) electrons. The van der Waals surface area contributed by atoms with Crippen LogP contribution in [0.5, 0.6) is 11.5 Å². The summed E-state index contributed by atoms with van der Waals surface area (Å²) in [5, 5.41) is 0.946. The molecule has 2 heterocycles. The van der Waals surface area contributed by atoms with Gasteiger partial charge in [0.2, 0.25) is 0 Å². The fourth-order valence-electron chi connectivity index (χ4n) is 2.32. The Kier molecular flexibility index (Phi) is 3.36. The van der Waals surface area contributed by atoms with Crippen molar-refractivity contribution in [3.63, 3.8) is 0 Å². The monoisotopic (exact) mass is 273 g/mol. The van der Waals surface area contributed by atoms with Crippen LogP contribution in [0.25, 0.3) is 10.9 Å². The lowest BCUT2D eigenvalue weighted by atomic mass is 10.1. The van der Waals surface area contributed by atoms with E-state index in [1.807, 2.05) is 18.2 Å². The van der Waals surface area contributed by atoms with Crippen molar-refractivity contribution < 1.29 is 9.47 Å². The van der Waals surface area contributed by atoms with Crippen molar-refractivity contribution in [2.24, 2.45) is 5.84 Å². The van der Waals surface area contributed by atoms with E-state index >= 15 is 0 Å². The number of benzene rings is 1. The number of pyridine rings is 1. The average molecular weight is 273 g/mol. The van der Waals surface area contributed by atoms with Crippen LogP contribution in [0.15, 0.2) is 18.2 Å². The predicted octanol–water partition coefficient (Wildman–Crippen LogP) is 2.81. The zero-order valence-corrected chi connectivity index (χ0v) is 11.8. The third-order valence-electron chi connectivity index (χ3n) is 3.44. The minimum Gasteiger partial charge on any atom is -0.490 e. The second kappa shape index (κ2) is 5.17. The molecule has 0 amide bonds. The Morgan fingerprint density at radius 3 is 2.50 bits per heavy atom. The zero-order valence-electron chi connectivity index (χ0n) is 11.8. The maximum absolute atomic E-state index is 5.71. The summed E-state index contributed by atoms with van der Waals surface area (Å²) in [5.41, 5.74) is 5.48. The van der Waals surface area contributed by atoms with Crippen molar-refractivity contribution in [2.75, 3.05) is 18.6 Å². The number of hydrogen-bond donors (Lipinski definition) is 2. The van der Waals surface area contributed by atoms with E-state index in [-0.39, 0.29) is 0 Å². The molecule has 2 aromatic rings. The molecule has 0 unspecified atom stereocenters. The van der Waals surface area contributed by atoms with E-state index in [9.17, 15) is 0 Å². The Bertz CT molecular complexity index is 641. The number of aromatic nitrogens is 1. The van der Waals surface area contributed by atoms with Gasteiger partial charge in [0.15, 0.2) is 11.5 Å². The third kappa shape index (κ3) is 2.25. The molecule has 0 fully saturated rings. The molecule has 0 aliphatic carbocycles. The molecule has 1 aromatic heterocycles. The Labute approximate surface area is 118 Å². The van der Waals surface area contributed by atoms with Gasteiger partial charge < -0.3 is 14.9 Å². The van der Waals surface area contributed by atoms with E-state index in [4.69, 9.17) is 20.3 Å². The molecule has 106 valence electrons. The molecule has 1 aromatic carbocycles. The van der Waals surface area contributed by atoms with Crippen molar-refractivity contribution in [1.29, 1.82) is 0 Å². The quantitative estimate of drug-likeness (QED) is 0.650. The Morgan fingerprint density at radius 1 is 1.15 bits per heavy atom. The van der Waals surface area contributed by atoms with Crippen LogP contribution in [-0.4, -0.2) is 18.2 Å². The summed E-state index contributed by atoms with van der Waals surface area (Å²) >= 11 is 0. The number of fused-ring (bicyclic) bond motifs is 2. The summed E-state index contributed by atoms with van der Waals surface area (Å²) in [6.07, 6.45) is 0.887. The van der Waals surface area contributed by atoms with Gasteiger partial charge in [-0.3, -0.25) is 10.8 Å². The highest BCUT2D eigenvalue weighted by molar-refractivity contribution is 5.93. The van der Waals surface area contributed by atoms with Gasteiger partial charge >= 0.3 is 0 Å². The first-order valence-corrected chi connectivity index (χ1v) is 6.90. The summed E-state index contributed by atoms with van der Waals surface area (Å²) in [6.45, 7) is 5.56. The Hall–Kier alpha value is -2.01. The lowest BCUT2D eigenvalue weighted by Gasteiger charge is -2.14. The van der Waals surface area contributed by atoms with Gasteiger partial charge in [0.1, 0.15) is 0 Å². The number of ether oxygens (including phenoxy) is 2. The van der Waals surface area contributed by atoms with Crippen molar-refractivity contribution in [1.82, 2.24) is 4.98 Å². The smallest absolute Gasteiger partial charge is 0.163 e. The summed E-state index contributed by atoms with van der Waals surface area (Å²) in [7, 11) is 0. The highest BCUT2D eigenvalue weighted by Crippen LogP contribution is 2.37. The standard InChI is InChI=1S/C15H19N3O2/c1-9(2)11-7-13(18-16)10-6-14-15(8-12(10)17-11)20-5-3-4-19-14/h6-9H,3-5,16H2,1-2H3,(H,17,18). The first kappa shape index (κ1) is 13.0. The van der Waals surface area contributed by atoms with Crippen LogP contribution in [-0.2, 0) is 0 Å². The Morgan fingerprint density at radius 2 is 1.85 bits per heavy atom. The predicted molar refractivity (Wildman–Crippen MR) is 79.2 cm³/mol. The molecule has 3 N–H and O–H groups in total. The molecule has 0 saturated heterocycles. The molecule has 20 heavy (non-hydrogen) atoms. The fraction of sp³-hybridized carbons (Fsp3) is 0.400. The molecule has 1 aliphatic rings. The number of anilines is 1. The highest BCUT2D eigenvalue weighted by Gasteiger charge is 2.15. The average Bonchev–Trinajstić information content (AvgIpc) is 2.68. The summed E-state index contributed by atoms with van der Waals surface area (Å²) < 4.78 is 11.4. The number of hydrogen-bond acceptors (Lipinski definition) is 5. The van der Waals surface area contributed by atoms with Crippen LogP contribution in [0.4, 0.5) is 5.69 Å². The summed E-state index contributed by atoms with van der Waals surface area (Å²) in [5.74, 6) is 7.49. The molecule has 0 bridgehead atoms. The van der Waals surface area contributed by atoms with Gasteiger partial charge in [0, 0.05) is 23.6 Å². The summed E-state index contributed by atoms with van der Waals surface area (Å²) in [4.78, 5) is 4.69. The Balaban J connectivity index is 2.22. The lowest BCUT2D eigenvalue weighted by molar-refractivity contribution is 0.297. The van der Waals surface area contributed by atoms with E-state index < -0.39 is 0 Å². The molecule has 0 saturated carbocycles. The van der Waals surface area contributed by atoms with E-state index in [0.29, 0.717) is 19.1 Å². The van der Waals surface area contributed by atoms with Crippen molar-refractivity contribution in [2.45, 2.75) is 26.2 Å². The first-order valence-electron chi connectivity index (χ1n) is 6.90. The van der Waals surface area contributed by atoms with Crippen LogP contribution in [0.2, 0.25) is 0 Å². The number of nitrogens with two attached hydrogens (primary N) is 1. The van der Waals surface area contributed by atoms with Gasteiger partial charge in [-0.05, 0) is 18.1 Å². The van der Waals surface area contributed by atoms with Gasteiger partial charge in [-0.1, -0.05) is 13.8 Å². The van der Waals surface area contributed by atoms with E-state index in [0.717, 1.165) is 40.2 Å². The lowest BCUT2D eigenvalue weighted by Crippen LogP contribution is -2.09. The minimum absolute atomic E-state index is 0.336. The fourth-order valence-corrected chi connectivity index (χ4v) is 2.32. The molecule has 5 nitrogen and oxygen atoms in total. The molecule has 0 atom stereocenters.